The molecule has 0 aromatic carbocycles. The van der Waals surface area contributed by atoms with Gasteiger partial charge in [0.2, 0.25) is 0 Å². The lowest BCUT2D eigenvalue weighted by atomic mass is 10.4. The Bertz CT molecular complexity index is 297. The van der Waals surface area contributed by atoms with E-state index in [-0.39, 0.29) is 5.91 Å². The molecule has 0 fully saturated rings. The predicted molar refractivity (Wildman–Crippen MR) is 51.0 cm³/mol. The zero-order valence-electron chi connectivity index (χ0n) is 8.28. The van der Waals surface area contributed by atoms with Crippen molar-refractivity contribution < 1.29 is 9.53 Å². The first kappa shape index (κ1) is 10.6. The molecule has 0 aliphatic carbocycles. The number of methoxy groups -OCH3 is 1. The molecule has 1 aromatic rings. The zero-order chi connectivity index (χ0) is 10.4. The minimum Gasteiger partial charge on any atom is -0.383 e. The normalized spacial score (nSPS) is 9.86. The molecule has 0 atom stereocenters. The number of carbonyl (C=O) groups is 1. The number of rotatable bonds is 4. The number of ether oxygens (including phenoxy) is 1. The third-order valence-electron chi connectivity index (χ3n) is 1.61. The maximum absolute atomic E-state index is 11.4. The van der Waals surface area contributed by atoms with Gasteiger partial charge in [-0.1, -0.05) is 0 Å². The molecule has 1 rings (SSSR count). The molecule has 0 unspecified atom stereocenters. The molecule has 5 nitrogen and oxygen atoms in total. The molecule has 1 amide bonds. The quantitative estimate of drug-likeness (QED) is 0.695. The van der Waals surface area contributed by atoms with Crippen molar-refractivity contribution in [2.45, 2.75) is 6.92 Å². The van der Waals surface area contributed by atoms with Gasteiger partial charge in [-0.2, -0.15) is 0 Å². The highest BCUT2D eigenvalue weighted by Crippen LogP contribution is 1.93. The number of carbonyl (C=O) groups excluding carboxylic acids is 1. The molecule has 5 heteroatoms. The maximum Gasteiger partial charge on any atom is 0.271 e. The van der Waals surface area contributed by atoms with Crippen LogP contribution in [0, 0.1) is 6.92 Å². The van der Waals surface area contributed by atoms with E-state index in [4.69, 9.17) is 4.74 Å². The Balaban J connectivity index is 2.48. The Kier molecular flexibility index (Phi) is 4.00. The second kappa shape index (κ2) is 5.29. The van der Waals surface area contributed by atoms with Gasteiger partial charge >= 0.3 is 0 Å². The lowest BCUT2D eigenvalue weighted by Gasteiger charge is -2.02. The van der Waals surface area contributed by atoms with Crippen LogP contribution in [0.3, 0.4) is 0 Å². The Morgan fingerprint density at radius 1 is 1.50 bits per heavy atom. The van der Waals surface area contributed by atoms with Gasteiger partial charge in [0.1, 0.15) is 5.69 Å². The van der Waals surface area contributed by atoms with E-state index in [9.17, 15) is 4.79 Å². The Morgan fingerprint density at radius 3 is 2.86 bits per heavy atom. The number of hydrogen-bond donors (Lipinski definition) is 1. The smallest absolute Gasteiger partial charge is 0.271 e. The summed E-state index contributed by atoms with van der Waals surface area (Å²) in [4.78, 5) is 19.3. The molecular formula is C9H13N3O2. The minimum atomic E-state index is -0.227. The highest BCUT2D eigenvalue weighted by Gasteiger charge is 2.05. The lowest BCUT2D eigenvalue weighted by Crippen LogP contribution is -2.27. The van der Waals surface area contributed by atoms with Gasteiger partial charge in [0, 0.05) is 19.9 Å². The molecule has 0 spiro atoms. The van der Waals surface area contributed by atoms with E-state index in [1.165, 1.54) is 6.20 Å². The summed E-state index contributed by atoms with van der Waals surface area (Å²) in [6.07, 6.45) is 3.02. The molecule has 0 aliphatic heterocycles. The number of hydrogen-bond acceptors (Lipinski definition) is 4. The van der Waals surface area contributed by atoms with Crippen LogP contribution in [0.5, 0.6) is 0 Å². The topological polar surface area (TPSA) is 64.1 Å². The summed E-state index contributed by atoms with van der Waals surface area (Å²) in [7, 11) is 1.58. The van der Waals surface area contributed by atoms with Crippen LogP contribution in [0.25, 0.3) is 0 Å². The van der Waals surface area contributed by atoms with Crippen molar-refractivity contribution in [1.82, 2.24) is 15.3 Å². The molecule has 1 aromatic heterocycles. The van der Waals surface area contributed by atoms with Crippen molar-refractivity contribution in [3.63, 3.8) is 0 Å². The van der Waals surface area contributed by atoms with Gasteiger partial charge in [0.25, 0.3) is 5.91 Å². The molecule has 0 aliphatic rings. The first-order valence-electron chi connectivity index (χ1n) is 4.30. The van der Waals surface area contributed by atoms with Gasteiger partial charge in [-0.15, -0.1) is 0 Å². The van der Waals surface area contributed by atoms with E-state index in [1.54, 1.807) is 13.3 Å². The van der Waals surface area contributed by atoms with E-state index in [1.807, 2.05) is 6.92 Å². The summed E-state index contributed by atoms with van der Waals surface area (Å²) in [5.41, 5.74) is 1.12. The number of aryl methyl sites for hydroxylation is 1. The molecule has 1 N–H and O–H groups in total. The van der Waals surface area contributed by atoms with Crippen molar-refractivity contribution in [3.8, 4) is 0 Å². The van der Waals surface area contributed by atoms with Crippen LogP contribution in [0.4, 0.5) is 0 Å². The van der Waals surface area contributed by atoms with Crippen LogP contribution in [0.1, 0.15) is 16.2 Å². The summed E-state index contributed by atoms with van der Waals surface area (Å²) < 4.78 is 4.80. The summed E-state index contributed by atoms with van der Waals surface area (Å²) in [6, 6.07) is 0. The average molecular weight is 195 g/mol. The number of aromatic nitrogens is 2. The molecule has 0 saturated carbocycles. The van der Waals surface area contributed by atoms with E-state index in [0.717, 1.165) is 5.69 Å². The van der Waals surface area contributed by atoms with Gasteiger partial charge < -0.3 is 10.1 Å². The van der Waals surface area contributed by atoms with E-state index >= 15 is 0 Å². The van der Waals surface area contributed by atoms with Crippen molar-refractivity contribution in [2.75, 3.05) is 20.3 Å². The van der Waals surface area contributed by atoms with Crippen molar-refractivity contribution in [2.24, 2.45) is 0 Å². The summed E-state index contributed by atoms with van der Waals surface area (Å²) in [6.45, 7) is 2.79. The second-order valence-electron chi connectivity index (χ2n) is 2.79. The zero-order valence-corrected chi connectivity index (χ0v) is 8.28. The third kappa shape index (κ3) is 3.10. The fraction of sp³-hybridized carbons (Fsp3) is 0.444. The van der Waals surface area contributed by atoms with Crippen LogP contribution >= 0.6 is 0 Å². The molecule has 0 bridgehead atoms. The second-order valence-corrected chi connectivity index (χ2v) is 2.79. The van der Waals surface area contributed by atoms with Crippen molar-refractivity contribution in [3.05, 3.63) is 23.8 Å². The summed E-state index contributed by atoms with van der Waals surface area (Å²) in [5, 5.41) is 2.65. The van der Waals surface area contributed by atoms with Gasteiger partial charge in [-0.3, -0.25) is 9.78 Å². The number of nitrogens with zero attached hydrogens (tertiary/aromatic N) is 2. The predicted octanol–water partition coefficient (Wildman–Crippen LogP) is 0.161. The fourth-order valence-electron chi connectivity index (χ4n) is 0.867. The Labute approximate surface area is 82.5 Å². The monoisotopic (exact) mass is 195 g/mol. The maximum atomic E-state index is 11.4. The van der Waals surface area contributed by atoms with Gasteiger partial charge in [-0.25, -0.2) is 4.98 Å². The molecule has 1 heterocycles. The molecular weight excluding hydrogens is 182 g/mol. The SMILES string of the molecule is COCCNC(=O)c1cnc(C)cn1. The van der Waals surface area contributed by atoms with Gasteiger partial charge in [0.15, 0.2) is 0 Å². The van der Waals surface area contributed by atoms with Gasteiger partial charge in [-0.05, 0) is 6.92 Å². The highest BCUT2D eigenvalue weighted by atomic mass is 16.5. The van der Waals surface area contributed by atoms with Crippen molar-refractivity contribution >= 4 is 5.91 Å². The van der Waals surface area contributed by atoms with Crippen LogP contribution in [0.15, 0.2) is 12.4 Å². The standard InChI is InChI=1S/C9H13N3O2/c1-7-5-12-8(6-11-7)9(13)10-3-4-14-2/h5-6H,3-4H2,1-2H3,(H,10,13). The summed E-state index contributed by atoms with van der Waals surface area (Å²) in [5.74, 6) is -0.227. The van der Waals surface area contributed by atoms with Gasteiger partial charge in [0.05, 0.1) is 18.5 Å². The first-order chi connectivity index (χ1) is 6.74. The molecule has 76 valence electrons. The lowest BCUT2D eigenvalue weighted by molar-refractivity contribution is 0.0931. The summed E-state index contributed by atoms with van der Waals surface area (Å²) >= 11 is 0. The van der Waals surface area contributed by atoms with E-state index in [0.29, 0.717) is 18.8 Å². The molecule has 0 saturated heterocycles. The first-order valence-corrected chi connectivity index (χ1v) is 4.30. The number of nitrogens with one attached hydrogen (secondary N) is 1. The van der Waals surface area contributed by atoms with E-state index in [2.05, 4.69) is 15.3 Å². The van der Waals surface area contributed by atoms with Crippen LogP contribution in [-0.2, 0) is 4.74 Å². The Morgan fingerprint density at radius 2 is 2.29 bits per heavy atom. The van der Waals surface area contributed by atoms with E-state index < -0.39 is 0 Å². The van der Waals surface area contributed by atoms with Crippen LogP contribution < -0.4 is 5.32 Å². The largest absolute Gasteiger partial charge is 0.383 e. The minimum absolute atomic E-state index is 0.227. The average Bonchev–Trinajstić information content (AvgIpc) is 2.19. The molecule has 14 heavy (non-hydrogen) atoms. The highest BCUT2D eigenvalue weighted by molar-refractivity contribution is 5.91. The van der Waals surface area contributed by atoms with Crippen LogP contribution in [-0.4, -0.2) is 36.1 Å². The third-order valence-corrected chi connectivity index (χ3v) is 1.61. The van der Waals surface area contributed by atoms with Crippen LogP contribution in [0.2, 0.25) is 0 Å². The fourth-order valence-corrected chi connectivity index (χ4v) is 0.867. The molecule has 0 radical (unpaired) electrons. The number of amides is 1. The van der Waals surface area contributed by atoms with Crippen molar-refractivity contribution in [1.29, 1.82) is 0 Å². The Hall–Kier alpha value is -1.49.